The molecule has 1 fully saturated rings. The van der Waals surface area contributed by atoms with Crippen molar-refractivity contribution in [2.75, 3.05) is 19.7 Å². The van der Waals surface area contributed by atoms with Crippen LogP contribution < -0.4 is 5.32 Å². The van der Waals surface area contributed by atoms with Crippen LogP contribution in [0.15, 0.2) is 18.2 Å². The largest absolute Gasteiger partial charge is 0.478 e. The first-order valence-electron chi connectivity index (χ1n) is 5.43. The minimum absolute atomic E-state index is 0.0183. The summed E-state index contributed by atoms with van der Waals surface area (Å²) in [4.78, 5) is 21.3. The summed E-state index contributed by atoms with van der Waals surface area (Å²) in [5.74, 6) is -1.12. The summed E-state index contributed by atoms with van der Waals surface area (Å²) in [6.07, 6.45) is -0.488. The summed E-state index contributed by atoms with van der Waals surface area (Å²) >= 11 is 0. The molecule has 0 spiro atoms. The van der Waals surface area contributed by atoms with E-state index in [0.29, 0.717) is 25.3 Å². The molecule has 2 rings (SSSR count). The van der Waals surface area contributed by atoms with Crippen molar-refractivity contribution in [1.82, 2.24) is 5.32 Å². The number of nitro groups is 1. The third-order valence-electron chi connectivity index (χ3n) is 2.75. The van der Waals surface area contributed by atoms with Crippen molar-refractivity contribution in [1.29, 1.82) is 0 Å². The Bertz CT molecular complexity index is 482. The number of morpholine rings is 1. The maximum atomic E-state index is 10.9. The molecule has 1 heterocycles. The van der Waals surface area contributed by atoms with Crippen LogP contribution in [0.3, 0.4) is 0 Å². The van der Waals surface area contributed by atoms with Crippen LogP contribution in [0.25, 0.3) is 0 Å². The summed E-state index contributed by atoms with van der Waals surface area (Å²) in [6.45, 7) is 1.56. The van der Waals surface area contributed by atoms with Crippen molar-refractivity contribution in [2.45, 2.75) is 6.10 Å². The molecule has 7 nitrogen and oxygen atoms in total. The monoisotopic (exact) mass is 252 g/mol. The average Bonchev–Trinajstić information content (AvgIpc) is 2.39. The number of nitro benzene ring substituents is 1. The van der Waals surface area contributed by atoms with E-state index in [1.54, 1.807) is 0 Å². The molecule has 1 saturated heterocycles. The van der Waals surface area contributed by atoms with Gasteiger partial charge >= 0.3 is 5.97 Å². The minimum atomic E-state index is -1.12. The smallest absolute Gasteiger partial charge is 0.335 e. The third kappa shape index (κ3) is 2.47. The van der Waals surface area contributed by atoms with Crippen LogP contribution in [0, 0.1) is 10.1 Å². The number of benzene rings is 1. The molecule has 18 heavy (non-hydrogen) atoms. The van der Waals surface area contributed by atoms with E-state index in [1.807, 2.05) is 0 Å². The molecule has 1 aromatic carbocycles. The number of nitrogens with one attached hydrogen (secondary N) is 1. The summed E-state index contributed by atoms with van der Waals surface area (Å²) in [5.41, 5.74) is 0.200. The van der Waals surface area contributed by atoms with E-state index in [1.165, 1.54) is 18.2 Å². The lowest BCUT2D eigenvalue weighted by molar-refractivity contribution is -0.386. The fourth-order valence-electron chi connectivity index (χ4n) is 1.88. The Kier molecular flexibility index (Phi) is 3.54. The molecule has 96 valence electrons. The van der Waals surface area contributed by atoms with Crippen molar-refractivity contribution in [3.8, 4) is 0 Å². The van der Waals surface area contributed by atoms with Crippen LogP contribution in [0.5, 0.6) is 0 Å². The van der Waals surface area contributed by atoms with Crippen molar-refractivity contribution in [3.63, 3.8) is 0 Å². The third-order valence-corrected chi connectivity index (χ3v) is 2.75. The van der Waals surface area contributed by atoms with Gasteiger partial charge in [0.2, 0.25) is 0 Å². The first kappa shape index (κ1) is 12.5. The van der Waals surface area contributed by atoms with Crippen LogP contribution >= 0.6 is 0 Å². The van der Waals surface area contributed by atoms with E-state index >= 15 is 0 Å². The molecule has 0 radical (unpaired) electrons. The van der Waals surface area contributed by atoms with E-state index in [-0.39, 0.29) is 11.3 Å². The number of carbonyl (C=O) groups is 1. The number of aromatic carboxylic acids is 1. The maximum Gasteiger partial charge on any atom is 0.335 e. The van der Waals surface area contributed by atoms with E-state index in [2.05, 4.69) is 5.32 Å². The van der Waals surface area contributed by atoms with Gasteiger partial charge in [-0.25, -0.2) is 4.79 Å². The Balaban J connectivity index is 2.42. The maximum absolute atomic E-state index is 10.9. The summed E-state index contributed by atoms with van der Waals surface area (Å²) in [5, 5.41) is 22.9. The van der Waals surface area contributed by atoms with E-state index in [9.17, 15) is 14.9 Å². The first-order valence-corrected chi connectivity index (χ1v) is 5.43. The van der Waals surface area contributed by atoms with E-state index in [0.717, 1.165) is 0 Å². The molecular weight excluding hydrogens is 240 g/mol. The van der Waals surface area contributed by atoms with Crippen molar-refractivity contribution >= 4 is 11.7 Å². The van der Waals surface area contributed by atoms with Gasteiger partial charge in [0.15, 0.2) is 0 Å². The van der Waals surface area contributed by atoms with Crippen LogP contribution in [0.1, 0.15) is 22.0 Å². The summed E-state index contributed by atoms with van der Waals surface area (Å²) in [6, 6.07) is 3.73. The first-order chi connectivity index (χ1) is 8.59. The van der Waals surface area contributed by atoms with Gasteiger partial charge in [-0.15, -0.1) is 0 Å². The molecule has 0 saturated carbocycles. The number of carboxylic acids is 1. The Morgan fingerprint density at radius 1 is 1.56 bits per heavy atom. The van der Waals surface area contributed by atoms with Gasteiger partial charge in [-0.05, 0) is 12.1 Å². The lowest BCUT2D eigenvalue weighted by Gasteiger charge is -2.23. The molecule has 0 bridgehead atoms. The minimum Gasteiger partial charge on any atom is -0.478 e. The molecule has 2 N–H and O–H groups in total. The fraction of sp³-hybridized carbons (Fsp3) is 0.364. The Morgan fingerprint density at radius 2 is 2.33 bits per heavy atom. The zero-order valence-corrected chi connectivity index (χ0v) is 9.46. The van der Waals surface area contributed by atoms with Crippen LogP contribution in [-0.2, 0) is 4.74 Å². The molecule has 7 heteroatoms. The highest BCUT2D eigenvalue weighted by Gasteiger charge is 2.25. The fourth-order valence-corrected chi connectivity index (χ4v) is 1.88. The van der Waals surface area contributed by atoms with Gasteiger partial charge in [-0.3, -0.25) is 10.1 Å². The molecule has 0 amide bonds. The molecule has 0 aromatic heterocycles. The molecule has 1 aliphatic rings. The van der Waals surface area contributed by atoms with Gasteiger partial charge in [0.1, 0.15) is 6.10 Å². The summed E-state index contributed by atoms with van der Waals surface area (Å²) < 4.78 is 5.43. The molecule has 1 atom stereocenters. The highest BCUT2D eigenvalue weighted by molar-refractivity contribution is 5.88. The van der Waals surface area contributed by atoms with E-state index < -0.39 is 17.0 Å². The molecule has 1 aromatic rings. The van der Waals surface area contributed by atoms with Gasteiger partial charge in [-0.1, -0.05) is 0 Å². The van der Waals surface area contributed by atoms with Crippen molar-refractivity contribution in [2.24, 2.45) is 0 Å². The number of hydrogen-bond donors (Lipinski definition) is 2. The van der Waals surface area contributed by atoms with E-state index in [4.69, 9.17) is 9.84 Å². The molecule has 0 aliphatic carbocycles. The zero-order chi connectivity index (χ0) is 13.1. The second-order valence-electron chi connectivity index (χ2n) is 3.90. The van der Waals surface area contributed by atoms with Gasteiger partial charge in [0, 0.05) is 19.2 Å². The van der Waals surface area contributed by atoms with Crippen LogP contribution in [0.4, 0.5) is 5.69 Å². The highest BCUT2D eigenvalue weighted by atomic mass is 16.6. The van der Waals surface area contributed by atoms with Crippen molar-refractivity contribution in [3.05, 3.63) is 39.4 Å². The molecule has 1 unspecified atom stereocenters. The SMILES string of the molecule is O=C(O)c1ccc([N+](=O)[O-])c(C2CNCCO2)c1. The number of hydrogen-bond acceptors (Lipinski definition) is 5. The summed E-state index contributed by atoms with van der Waals surface area (Å²) in [7, 11) is 0. The number of ether oxygens (including phenoxy) is 1. The second kappa shape index (κ2) is 5.11. The average molecular weight is 252 g/mol. The lowest BCUT2D eigenvalue weighted by Crippen LogP contribution is -2.33. The predicted molar refractivity (Wildman–Crippen MR) is 61.6 cm³/mol. The Labute approximate surface area is 103 Å². The van der Waals surface area contributed by atoms with Gasteiger partial charge in [0.05, 0.1) is 22.7 Å². The molecule has 1 aliphatic heterocycles. The Morgan fingerprint density at radius 3 is 2.89 bits per heavy atom. The van der Waals surface area contributed by atoms with Gasteiger partial charge in [-0.2, -0.15) is 0 Å². The van der Waals surface area contributed by atoms with Crippen molar-refractivity contribution < 1.29 is 19.6 Å². The Hall–Kier alpha value is -1.99. The number of rotatable bonds is 3. The quantitative estimate of drug-likeness (QED) is 0.613. The van der Waals surface area contributed by atoms with Gasteiger partial charge < -0.3 is 15.2 Å². The van der Waals surface area contributed by atoms with Gasteiger partial charge in [0.25, 0.3) is 5.69 Å². The zero-order valence-electron chi connectivity index (χ0n) is 9.46. The normalized spacial score (nSPS) is 19.4. The topological polar surface area (TPSA) is 102 Å². The standard InChI is InChI=1S/C11H12N2O5/c14-11(15)7-1-2-9(13(16)17)8(5-7)10-6-12-3-4-18-10/h1-2,5,10,12H,3-4,6H2,(H,14,15). The van der Waals surface area contributed by atoms with Crippen LogP contribution in [-0.4, -0.2) is 35.7 Å². The second-order valence-corrected chi connectivity index (χ2v) is 3.90. The molecular formula is C11H12N2O5. The predicted octanol–water partition coefficient (Wildman–Crippen LogP) is 0.954. The van der Waals surface area contributed by atoms with Crippen LogP contribution in [0.2, 0.25) is 0 Å². The number of carboxylic acid groups (broad SMARTS) is 1. The number of nitrogens with zero attached hydrogens (tertiary/aromatic N) is 1. The lowest BCUT2D eigenvalue weighted by atomic mass is 10.0. The highest BCUT2D eigenvalue weighted by Crippen LogP contribution is 2.29.